The van der Waals surface area contributed by atoms with E-state index in [1.807, 2.05) is 0 Å². The maximum atomic E-state index is 12.5. The van der Waals surface area contributed by atoms with Gasteiger partial charge in [0.1, 0.15) is 0 Å². The number of amides is 1. The van der Waals surface area contributed by atoms with Crippen molar-refractivity contribution in [2.45, 2.75) is 13.1 Å². The van der Waals surface area contributed by atoms with Crippen molar-refractivity contribution in [2.24, 2.45) is 0 Å². The third-order valence-electron chi connectivity index (χ3n) is 2.93. The van der Waals surface area contributed by atoms with Gasteiger partial charge in [-0.3, -0.25) is 9.59 Å². The van der Waals surface area contributed by atoms with Crippen LogP contribution in [-0.2, 0) is 11.0 Å². The fourth-order valence-electron chi connectivity index (χ4n) is 1.88. The van der Waals surface area contributed by atoms with Crippen molar-refractivity contribution < 1.29 is 27.5 Å². The molecule has 0 atom stereocenters. The molecule has 0 aliphatic rings. The van der Waals surface area contributed by atoms with Crippen LogP contribution in [0.3, 0.4) is 0 Å². The van der Waals surface area contributed by atoms with E-state index in [2.05, 4.69) is 5.32 Å². The summed E-state index contributed by atoms with van der Waals surface area (Å²) in [5.41, 5.74) is -0.691. The molecule has 2 aromatic rings. The first-order chi connectivity index (χ1) is 11.2. The molecule has 0 spiro atoms. The van der Waals surface area contributed by atoms with Gasteiger partial charge in [0.25, 0.3) is 5.91 Å². The van der Waals surface area contributed by atoms with Crippen LogP contribution in [-0.4, -0.2) is 11.9 Å². The van der Waals surface area contributed by atoms with E-state index in [-0.39, 0.29) is 22.0 Å². The quantitative estimate of drug-likeness (QED) is 0.648. The molecule has 126 valence electrons. The first kappa shape index (κ1) is 17.8. The molecule has 8 heteroatoms. The number of rotatable bonds is 3. The number of carbonyl (C=O) groups is 2. The molecule has 24 heavy (non-hydrogen) atoms. The summed E-state index contributed by atoms with van der Waals surface area (Å²) in [5, 5.41) is 2.48. The second-order valence-corrected chi connectivity index (χ2v) is 5.15. The van der Waals surface area contributed by atoms with Crippen LogP contribution >= 0.6 is 11.6 Å². The van der Waals surface area contributed by atoms with Gasteiger partial charge in [0.15, 0.2) is 5.75 Å². The Bertz CT molecular complexity index is 773. The molecule has 0 aliphatic heterocycles. The van der Waals surface area contributed by atoms with Gasteiger partial charge < -0.3 is 10.1 Å². The summed E-state index contributed by atoms with van der Waals surface area (Å²) in [4.78, 5) is 23.4. The lowest BCUT2D eigenvalue weighted by Gasteiger charge is -2.12. The van der Waals surface area contributed by atoms with E-state index in [1.54, 1.807) is 0 Å². The Morgan fingerprint density at radius 3 is 2.25 bits per heavy atom. The minimum absolute atomic E-state index is 0.0161. The van der Waals surface area contributed by atoms with Gasteiger partial charge in [-0.2, -0.15) is 13.2 Å². The Morgan fingerprint density at radius 1 is 1.08 bits per heavy atom. The fraction of sp³-hybridized carbons (Fsp3) is 0.125. The number of halogens is 4. The minimum atomic E-state index is -4.46. The molecule has 0 aromatic heterocycles. The summed E-state index contributed by atoms with van der Waals surface area (Å²) in [6.07, 6.45) is -4.46. The predicted octanol–water partition coefficient (Wildman–Crippen LogP) is 4.54. The van der Waals surface area contributed by atoms with Crippen LogP contribution in [0.1, 0.15) is 22.8 Å². The van der Waals surface area contributed by atoms with Crippen LogP contribution in [0, 0.1) is 0 Å². The van der Waals surface area contributed by atoms with Gasteiger partial charge in [-0.25, -0.2) is 0 Å². The zero-order chi connectivity index (χ0) is 17.9. The first-order valence-electron chi connectivity index (χ1n) is 6.64. The van der Waals surface area contributed by atoms with Crippen LogP contribution in [0.5, 0.6) is 5.75 Å². The van der Waals surface area contributed by atoms with Crippen molar-refractivity contribution >= 4 is 29.2 Å². The molecule has 0 saturated carbocycles. The number of alkyl halides is 3. The number of anilines is 1. The number of hydrogen-bond acceptors (Lipinski definition) is 3. The third-order valence-corrected chi connectivity index (χ3v) is 3.23. The average molecular weight is 358 g/mol. The monoisotopic (exact) mass is 357 g/mol. The van der Waals surface area contributed by atoms with Crippen molar-refractivity contribution in [3.05, 3.63) is 58.6 Å². The van der Waals surface area contributed by atoms with E-state index >= 15 is 0 Å². The Morgan fingerprint density at radius 2 is 1.71 bits per heavy atom. The highest BCUT2D eigenvalue weighted by Gasteiger charge is 2.30. The molecule has 0 bridgehead atoms. The summed E-state index contributed by atoms with van der Waals surface area (Å²) in [6.45, 7) is 1.15. The highest BCUT2D eigenvalue weighted by atomic mass is 35.5. The molecule has 0 aliphatic carbocycles. The lowest BCUT2D eigenvalue weighted by Crippen LogP contribution is -2.15. The minimum Gasteiger partial charge on any atom is -0.424 e. The van der Waals surface area contributed by atoms with Crippen LogP contribution in [0.2, 0.25) is 5.02 Å². The van der Waals surface area contributed by atoms with Gasteiger partial charge in [-0.05, 0) is 36.4 Å². The van der Waals surface area contributed by atoms with E-state index in [0.29, 0.717) is 0 Å². The number of nitrogens with one attached hydrogen (secondary N) is 1. The molecule has 0 saturated heterocycles. The van der Waals surface area contributed by atoms with E-state index in [0.717, 1.165) is 31.2 Å². The lowest BCUT2D eigenvalue weighted by molar-refractivity contribution is -0.137. The van der Waals surface area contributed by atoms with E-state index < -0.39 is 23.6 Å². The van der Waals surface area contributed by atoms with Crippen LogP contribution in [0.25, 0.3) is 0 Å². The molecule has 1 amide bonds. The largest absolute Gasteiger partial charge is 0.424 e. The molecular weight excluding hydrogens is 347 g/mol. The Kier molecular flexibility index (Phi) is 5.14. The Labute approximate surface area is 140 Å². The zero-order valence-corrected chi connectivity index (χ0v) is 13.0. The molecule has 0 heterocycles. The highest BCUT2D eigenvalue weighted by molar-refractivity contribution is 6.33. The summed E-state index contributed by atoms with van der Waals surface area (Å²) in [5.74, 6) is -1.45. The smallest absolute Gasteiger partial charge is 0.416 e. The van der Waals surface area contributed by atoms with Crippen molar-refractivity contribution in [2.75, 3.05) is 5.32 Å². The number of carbonyl (C=O) groups excluding carboxylic acids is 2. The van der Waals surface area contributed by atoms with Gasteiger partial charge in [0.05, 0.1) is 16.1 Å². The Balaban J connectivity index is 2.24. The van der Waals surface area contributed by atoms with Crippen LogP contribution in [0.15, 0.2) is 42.5 Å². The SMILES string of the molecule is CC(=O)Oc1c(Cl)cccc1C(=O)Nc1ccc(C(F)(F)F)cc1. The van der Waals surface area contributed by atoms with Gasteiger partial charge in [-0.15, -0.1) is 0 Å². The van der Waals surface area contributed by atoms with Crippen LogP contribution < -0.4 is 10.1 Å². The number of hydrogen-bond donors (Lipinski definition) is 1. The van der Waals surface area contributed by atoms with Gasteiger partial charge in [0, 0.05) is 12.6 Å². The number of ether oxygens (including phenoxy) is 1. The molecule has 4 nitrogen and oxygen atoms in total. The molecule has 0 fully saturated rings. The standard InChI is InChI=1S/C16H11ClF3NO3/c1-9(22)24-14-12(3-2-4-13(14)17)15(23)21-11-7-5-10(6-8-11)16(18,19)20/h2-8H,1H3,(H,21,23). The lowest BCUT2D eigenvalue weighted by atomic mass is 10.1. The molecule has 1 N–H and O–H groups in total. The van der Waals surface area contributed by atoms with Crippen molar-refractivity contribution in [3.8, 4) is 5.75 Å². The van der Waals surface area contributed by atoms with Gasteiger partial charge in [-0.1, -0.05) is 17.7 Å². The topological polar surface area (TPSA) is 55.4 Å². The Hall–Kier alpha value is -2.54. The summed E-state index contributed by atoms with van der Waals surface area (Å²) < 4.78 is 42.5. The average Bonchev–Trinajstić information content (AvgIpc) is 2.48. The first-order valence-corrected chi connectivity index (χ1v) is 7.02. The van der Waals surface area contributed by atoms with Crippen LogP contribution in [0.4, 0.5) is 18.9 Å². The van der Waals surface area contributed by atoms with Crippen molar-refractivity contribution in [1.29, 1.82) is 0 Å². The van der Waals surface area contributed by atoms with E-state index in [4.69, 9.17) is 16.3 Å². The predicted molar refractivity (Wildman–Crippen MR) is 82.2 cm³/mol. The van der Waals surface area contributed by atoms with Crippen molar-refractivity contribution in [1.82, 2.24) is 0 Å². The highest BCUT2D eigenvalue weighted by Crippen LogP contribution is 2.31. The second kappa shape index (κ2) is 6.92. The van der Waals surface area contributed by atoms with Crippen molar-refractivity contribution in [3.63, 3.8) is 0 Å². The normalized spacial score (nSPS) is 11.0. The number of esters is 1. The molecule has 0 unspecified atom stereocenters. The van der Waals surface area contributed by atoms with E-state index in [1.165, 1.54) is 18.2 Å². The maximum absolute atomic E-state index is 12.5. The summed E-state index contributed by atoms with van der Waals surface area (Å²) in [6, 6.07) is 8.24. The molecule has 2 rings (SSSR count). The van der Waals surface area contributed by atoms with Gasteiger partial charge >= 0.3 is 12.1 Å². The fourth-order valence-corrected chi connectivity index (χ4v) is 2.09. The van der Waals surface area contributed by atoms with Gasteiger partial charge in [0.2, 0.25) is 0 Å². The zero-order valence-electron chi connectivity index (χ0n) is 12.3. The van der Waals surface area contributed by atoms with E-state index in [9.17, 15) is 22.8 Å². The maximum Gasteiger partial charge on any atom is 0.416 e. The summed E-state index contributed by atoms with van der Waals surface area (Å²) >= 11 is 5.91. The number of para-hydroxylation sites is 1. The summed E-state index contributed by atoms with van der Waals surface area (Å²) in [7, 11) is 0. The molecule has 0 radical (unpaired) electrons. The second-order valence-electron chi connectivity index (χ2n) is 4.74. The number of benzene rings is 2. The molecule has 2 aromatic carbocycles. The molecular formula is C16H11ClF3NO3. The third kappa shape index (κ3) is 4.26.